The zero-order valence-corrected chi connectivity index (χ0v) is 20.2. The number of nitro groups is 1. The fourth-order valence-corrected chi connectivity index (χ4v) is 3.08. The number of halogens is 2. The molecule has 0 unspecified atom stereocenters. The average Bonchev–Trinajstić information content (AvgIpc) is 2.85. The minimum atomic E-state index is -1.46. The van der Waals surface area contributed by atoms with E-state index >= 15 is 0 Å². The van der Waals surface area contributed by atoms with Gasteiger partial charge in [-0.15, -0.1) is 0 Å². The van der Waals surface area contributed by atoms with Gasteiger partial charge in [-0.25, -0.2) is 9.59 Å². The molecule has 12 heteroatoms. The summed E-state index contributed by atoms with van der Waals surface area (Å²) in [4.78, 5) is 46.0. The molecule has 0 bridgehead atoms. The van der Waals surface area contributed by atoms with E-state index < -0.39 is 46.4 Å². The van der Waals surface area contributed by atoms with Crippen molar-refractivity contribution in [1.82, 2.24) is 5.32 Å². The summed E-state index contributed by atoms with van der Waals surface area (Å²) in [6, 6.07) is 9.64. The first-order valence-electron chi connectivity index (χ1n) is 10.6. The van der Waals surface area contributed by atoms with Crippen LogP contribution in [0, 0.1) is 10.1 Å². The van der Waals surface area contributed by atoms with E-state index in [2.05, 4.69) is 5.32 Å². The molecule has 2 N–H and O–H groups in total. The molecule has 10 nitrogen and oxygen atoms in total. The Kier molecular flexibility index (Phi) is 10.9. The van der Waals surface area contributed by atoms with Gasteiger partial charge in [0.25, 0.3) is 11.6 Å². The molecular weight excluding hydrogens is 503 g/mol. The summed E-state index contributed by atoms with van der Waals surface area (Å²) >= 11 is 11.2. The number of nitrogens with one attached hydrogen (secondary N) is 1. The molecule has 0 aliphatic carbocycles. The molecule has 0 spiro atoms. The van der Waals surface area contributed by atoms with Crippen molar-refractivity contribution in [2.45, 2.75) is 36.7 Å². The second-order valence-corrected chi connectivity index (χ2v) is 8.44. The summed E-state index contributed by atoms with van der Waals surface area (Å²) in [5.74, 6) is -2.43. The predicted octanol–water partition coefficient (Wildman–Crippen LogP) is 3.73. The molecule has 0 radical (unpaired) electrons. The minimum Gasteiger partial charge on any atom is -0.462 e. The van der Waals surface area contributed by atoms with Crippen molar-refractivity contribution >= 4 is 46.7 Å². The zero-order valence-electron chi connectivity index (χ0n) is 18.7. The molecule has 2 aromatic rings. The lowest BCUT2D eigenvalue weighted by Crippen LogP contribution is -2.45. The van der Waals surface area contributed by atoms with Crippen LogP contribution in [0.15, 0.2) is 48.5 Å². The third kappa shape index (κ3) is 8.20. The molecule has 2 rings (SSSR count). The lowest BCUT2D eigenvalue weighted by atomic mass is 10.0. The number of aliphatic hydroxyl groups is 1. The number of unbranched alkanes of at least 4 members (excludes halogenated alkanes) is 1. The molecular formula is C23H24Cl2N2O8. The number of nitro benzene ring substituents is 1. The van der Waals surface area contributed by atoms with Crippen LogP contribution in [0.4, 0.5) is 5.69 Å². The quantitative estimate of drug-likeness (QED) is 0.140. The van der Waals surface area contributed by atoms with Gasteiger partial charge in [0.05, 0.1) is 28.7 Å². The van der Waals surface area contributed by atoms with Crippen LogP contribution >= 0.6 is 23.2 Å². The first-order chi connectivity index (χ1) is 16.6. The van der Waals surface area contributed by atoms with Gasteiger partial charge in [-0.05, 0) is 36.2 Å². The number of hydrogen-bond acceptors (Lipinski definition) is 8. The van der Waals surface area contributed by atoms with E-state index in [4.69, 9.17) is 32.7 Å². The van der Waals surface area contributed by atoms with Crippen LogP contribution in [-0.4, -0.2) is 52.0 Å². The van der Waals surface area contributed by atoms with E-state index in [0.29, 0.717) is 6.42 Å². The Hall–Kier alpha value is -3.21. The highest BCUT2D eigenvalue weighted by Crippen LogP contribution is 2.22. The number of carbonyl (C=O) groups excluding carboxylic acids is 3. The van der Waals surface area contributed by atoms with Crippen molar-refractivity contribution in [3.8, 4) is 0 Å². The highest BCUT2D eigenvalue weighted by molar-refractivity contribution is 6.53. The van der Waals surface area contributed by atoms with E-state index in [1.807, 2.05) is 6.92 Å². The Morgan fingerprint density at radius 1 is 1.03 bits per heavy atom. The molecule has 0 aliphatic heterocycles. The Balaban J connectivity index is 2.19. The van der Waals surface area contributed by atoms with Crippen LogP contribution in [0.25, 0.3) is 0 Å². The van der Waals surface area contributed by atoms with E-state index in [0.717, 1.165) is 6.42 Å². The molecule has 0 heterocycles. The van der Waals surface area contributed by atoms with Crippen LogP contribution in [0.2, 0.25) is 0 Å². The van der Waals surface area contributed by atoms with Gasteiger partial charge in [-0.1, -0.05) is 48.7 Å². The largest absolute Gasteiger partial charge is 0.462 e. The minimum absolute atomic E-state index is 0.00619. The Bertz CT molecular complexity index is 1050. The van der Waals surface area contributed by atoms with E-state index in [9.17, 15) is 29.6 Å². The Labute approximate surface area is 211 Å². The van der Waals surface area contributed by atoms with Gasteiger partial charge < -0.3 is 19.9 Å². The van der Waals surface area contributed by atoms with Gasteiger partial charge in [-0.2, -0.15) is 0 Å². The predicted molar refractivity (Wildman–Crippen MR) is 127 cm³/mol. The molecule has 1 amide bonds. The Morgan fingerprint density at radius 2 is 1.60 bits per heavy atom. The van der Waals surface area contributed by atoms with Gasteiger partial charge in [0.2, 0.25) is 0 Å². The summed E-state index contributed by atoms with van der Waals surface area (Å²) < 4.78 is 10.4. The fourth-order valence-electron chi connectivity index (χ4n) is 2.95. The van der Waals surface area contributed by atoms with Crippen LogP contribution in [0.1, 0.15) is 52.1 Å². The van der Waals surface area contributed by atoms with Crippen molar-refractivity contribution in [2.24, 2.45) is 0 Å². The summed E-state index contributed by atoms with van der Waals surface area (Å²) in [5.41, 5.74) is -0.0438. The summed E-state index contributed by atoms with van der Waals surface area (Å²) in [7, 11) is 0. The van der Waals surface area contributed by atoms with Gasteiger partial charge >= 0.3 is 11.9 Å². The van der Waals surface area contributed by atoms with Crippen molar-refractivity contribution in [1.29, 1.82) is 0 Å². The summed E-state index contributed by atoms with van der Waals surface area (Å²) in [5, 5.41) is 24.0. The van der Waals surface area contributed by atoms with Crippen LogP contribution in [-0.2, 0) is 14.3 Å². The number of hydrogen-bond donors (Lipinski definition) is 2. The number of ether oxygens (including phenoxy) is 2. The first-order valence-corrected chi connectivity index (χ1v) is 11.5. The van der Waals surface area contributed by atoms with Gasteiger partial charge in [0.15, 0.2) is 4.84 Å². The summed E-state index contributed by atoms with van der Waals surface area (Å²) in [6.07, 6.45) is 0.0589. The zero-order chi connectivity index (χ0) is 26.0. The highest BCUT2D eigenvalue weighted by atomic mass is 35.5. The number of carbonyl (C=O) groups is 3. The van der Waals surface area contributed by atoms with Crippen LogP contribution in [0.5, 0.6) is 0 Å². The number of alkyl halides is 2. The maximum absolute atomic E-state index is 12.8. The lowest BCUT2D eigenvalue weighted by Gasteiger charge is -2.24. The number of benzene rings is 2. The van der Waals surface area contributed by atoms with Gasteiger partial charge in [-0.3, -0.25) is 14.9 Å². The molecule has 0 fully saturated rings. The molecule has 0 aliphatic rings. The van der Waals surface area contributed by atoms with Crippen LogP contribution in [0.3, 0.4) is 0 Å². The van der Waals surface area contributed by atoms with Crippen LogP contribution < -0.4 is 5.32 Å². The second kappa shape index (κ2) is 13.6. The molecule has 35 heavy (non-hydrogen) atoms. The van der Waals surface area contributed by atoms with E-state index in [1.165, 1.54) is 42.5 Å². The maximum atomic E-state index is 12.8. The van der Waals surface area contributed by atoms with Crippen molar-refractivity contribution < 1.29 is 33.9 Å². The normalized spacial score (nSPS) is 12.5. The number of rotatable bonds is 12. The standard InChI is InChI=1S/C23H24Cl2N2O8/c1-2-3-12-34-22(30)16-6-4-5-7-17(16)23(31)35-13-18(26-21(29)20(24)25)19(28)14-8-10-15(11-9-14)27(32)33/h4-11,18-20,28H,2-3,12-13H2,1H3,(H,26,29)/t18-,19-/m1/s1. The monoisotopic (exact) mass is 526 g/mol. The van der Waals surface area contributed by atoms with Crippen molar-refractivity contribution in [3.63, 3.8) is 0 Å². The molecule has 2 aromatic carbocycles. The summed E-state index contributed by atoms with van der Waals surface area (Å²) in [6.45, 7) is 1.62. The molecule has 0 saturated heterocycles. The number of nitrogens with zero attached hydrogens (tertiary/aromatic N) is 1. The first kappa shape index (κ1) is 28.0. The number of esters is 2. The second-order valence-electron chi connectivity index (χ2n) is 7.34. The third-order valence-electron chi connectivity index (χ3n) is 4.84. The molecule has 188 valence electrons. The maximum Gasteiger partial charge on any atom is 0.339 e. The smallest absolute Gasteiger partial charge is 0.339 e. The third-order valence-corrected chi connectivity index (χ3v) is 5.24. The van der Waals surface area contributed by atoms with Crippen molar-refractivity contribution in [2.75, 3.05) is 13.2 Å². The number of non-ortho nitro benzene ring substituents is 1. The Morgan fingerprint density at radius 3 is 2.11 bits per heavy atom. The molecule has 2 atom stereocenters. The van der Waals surface area contributed by atoms with E-state index in [-0.39, 0.29) is 29.0 Å². The average molecular weight is 527 g/mol. The van der Waals surface area contributed by atoms with E-state index in [1.54, 1.807) is 6.07 Å². The molecule has 0 aromatic heterocycles. The van der Waals surface area contributed by atoms with Gasteiger partial charge in [0, 0.05) is 12.1 Å². The van der Waals surface area contributed by atoms with Gasteiger partial charge in [0.1, 0.15) is 12.7 Å². The van der Waals surface area contributed by atoms with Crippen molar-refractivity contribution in [3.05, 3.63) is 75.3 Å². The molecule has 0 saturated carbocycles. The SMILES string of the molecule is CCCCOC(=O)c1ccccc1C(=O)OC[C@@H](NC(=O)C(Cl)Cl)[C@H](O)c1ccc([N+](=O)[O-])cc1. The number of amides is 1. The topological polar surface area (TPSA) is 145 Å². The fraction of sp³-hybridized carbons (Fsp3) is 0.348. The number of aliphatic hydroxyl groups excluding tert-OH is 1. The highest BCUT2D eigenvalue weighted by Gasteiger charge is 2.28. The lowest BCUT2D eigenvalue weighted by molar-refractivity contribution is -0.384.